The van der Waals surface area contributed by atoms with Gasteiger partial charge in [-0.05, 0) is 6.92 Å². The quantitative estimate of drug-likeness (QED) is 0.694. The lowest BCUT2D eigenvalue weighted by Gasteiger charge is -2.13. The second-order valence-electron chi connectivity index (χ2n) is 2.90. The van der Waals surface area contributed by atoms with Crippen LogP contribution in [0.1, 0.15) is 6.92 Å². The summed E-state index contributed by atoms with van der Waals surface area (Å²) >= 11 is 0. The Hall–Kier alpha value is -1.24. The number of hydrogen-bond donors (Lipinski definition) is 2. The van der Waals surface area contributed by atoms with Crippen LogP contribution in [-0.4, -0.2) is 31.6 Å². The van der Waals surface area contributed by atoms with Crippen molar-refractivity contribution in [2.45, 2.75) is 19.1 Å². The highest BCUT2D eigenvalue weighted by Gasteiger charge is 2.37. The Bertz CT molecular complexity index is 260. The molecule has 0 heterocycles. The molecule has 0 saturated carbocycles. The van der Waals surface area contributed by atoms with Crippen LogP contribution in [0.3, 0.4) is 0 Å². The second kappa shape index (κ2) is 5.59. The van der Waals surface area contributed by atoms with Gasteiger partial charge in [0.15, 0.2) is 5.71 Å². The summed E-state index contributed by atoms with van der Waals surface area (Å²) in [6, 6.07) is -0.634. The average molecular weight is 225 g/mol. The molecule has 0 aromatic carbocycles. The highest BCUT2D eigenvalue weighted by atomic mass is 19.4. The molecule has 0 aliphatic carbocycles. The zero-order valence-corrected chi connectivity index (χ0v) is 8.51. The number of ether oxygens (including phenoxy) is 1. The van der Waals surface area contributed by atoms with Gasteiger partial charge in [0.2, 0.25) is 0 Å². The van der Waals surface area contributed by atoms with Crippen LogP contribution in [0.25, 0.3) is 0 Å². The van der Waals surface area contributed by atoms with Gasteiger partial charge in [-0.1, -0.05) is 0 Å². The van der Waals surface area contributed by atoms with Crippen molar-refractivity contribution in [3.63, 3.8) is 0 Å². The smallest absolute Gasteiger partial charge is 0.403 e. The van der Waals surface area contributed by atoms with E-state index in [-0.39, 0.29) is 6.61 Å². The number of methoxy groups -OCH3 is 1. The van der Waals surface area contributed by atoms with Gasteiger partial charge in [0.1, 0.15) is 0 Å². The molecule has 0 saturated heterocycles. The molecular weight excluding hydrogens is 211 g/mol. The van der Waals surface area contributed by atoms with Crippen LogP contribution in [-0.2, 0) is 4.74 Å². The molecule has 0 radical (unpaired) electrons. The van der Waals surface area contributed by atoms with Crippen molar-refractivity contribution < 1.29 is 17.9 Å². The molecule has 0 aromatic heterocycles. The summed E-state index contributed by atoms with van der Waals surface area (Å²) < 4.78 is 41.9. The average Bonchev–Trinajstić information content (AvgIpc) is 2.12. The molecule has 15 heavy (non-hydrogen) atoms. The molecule has 0 rings (SSSR count). The van der Waals surface area contributed by atoms with Gasteiger partial charge >= 0.3 is 6.18 Å². The van der Waals surface area contributed by atoms with E-state index < -0.39 is 23.6 Å². The first-order chi connectivity index (χ1) is 6.82. The number of nitrogens with zero attached hydrogens (tertiary/aromatic N) is 1. The van der Waals surface area contributed by atoms with Gasteiger partial charge in [0.25, 0.3) is 0 Å². The Balaban J connectivity index is 4.95. The lowest BCUT2D eigenvalue weighted by atomic mass is 10.2. The monoisotopic (exact) mass is 225 g/mol. The number of alkyl halides is 3. The van der Waals surface area contributed by atoms with Crippen LogP contribution in [0.5, 0.6) is 0 Å². The molecule has 0 aromatic rings. The van der Waals surface area contributed by atoms with Crippen molar-refractivity contribution in [1.29, 1.82) is 0 Å². The molecule has 4 N–H and O–H groups in total. The van der Waals surface area contributed by atoms with Crippen LogP contribution in [0.2, 0.25) is 0 Å². The number of allylic oxidation sites excluding steroid dienone is 1. The molecule has 0 fully saturated rings. The van der Waals surface area contributed by atoms with Gasteiger partial charge in [-0.2, -0.15) is 13.2 Å². The molecule has 4 nitrogen and oxygen atoms in total. The molecule has 7 heteroatoms. The zero-order valence-electron chi connectivity index (χ0n) is 8.51. The third-order valence-electron chi connectivity index (χ3n) is 1.48. The molecule has 0 spiro atoms. The largest absolute Gasteiger partial charge is 0.435 e. The van der Waals surface area contributed by atoms with E-state index in [4.69, 9.17) is 11.5 Å². The predicted octanol–water partition coefficient (Wildman–Crippen LogP) is 0.783. The maximum Gasteiger partial charge on any atom is 0.435 e. The van der Waals surface area contributed by atoms with Gasteiger partial charge < -0.3 is 16.2 Å². The van der Waals surface area contributed by atoms with Gasteiger partial charge in [0, 0.05) is 13.3 Å². The van der Waals surface area contributed by atoms with Crippen molar-refractivity contribution >= 4 is 5.71 Å². The van der Waals surface area contributed by atoms with Gasteiger partial charge in [-0.3, -0.25) is 4.99 Å². The molecule has 0 aliphatic heterocycles. The number of aliphatic imine (C=N–C) groups is 1. The van der Waals surface area contributed by atoms with Crippen LogP contribution < -0.4 is 11.5 Å². The van der Waals surface area contributed by atoms with E-state index in [1.54, 1.807) is 0 Å². The van der Waals surface area contributed by atoms with Gasteiger partial charge in [-0.15, -0.1) is 0 Å². The fourth-order valence-corrected chi connectivity index (χ4v) is 0.889. The molecule has 1 unspecified atom stereocenters. The van der Waals surface area contributed by atoms with Crippen LogP contribution >= 0.6 is 0 Å². The maximum absolute atomic E-state index is 12.4. The number of rotatable bonds is 4. The highest BCUT2D eigenvalue weighted by molar-refractivity contribution is 6.03. The molecule has 88 valence electrons. The first-order valence-electron chi connectivity index (χ1n) is 4.14. The van der Waals surface area contributed by atoms with Crippen molar-refractivity contribution in [3.05, 3.63) is 11.9 Å². The third kappa shape index (κ3) is 4.68. The van der Waals surface area contributed by atoms with Crippen molar-refractivity contribution in [3.8, 4) is 0 Å². The molecule has 1 atom stereocenters. The summed E-state index contributed by atoms with van der Waals surface area (Å²) in [6.07, 6.45) is -3.94. The van der Waals surface area contributed by atoms with Gasteiger partial charge in [0.05, 0.1) is 18.3 Å². The Morgan fingerprint density at radius 2 is 2.07 bits per heavy atom. The first kappa shape index (κ1) is 13.8. The second-order valence-corrected chi connectivity index (χ2v) is 2.90. The SMILES string of the molecule is COCC(C)N=C(/C(N)=C\N)C(F)(F)F. The van der Waals surface area contributed by atoms with E-state index in [0.29, 0.717) is 6.20 Å². The van der Waals surface area contributed by atoms with Crippen LogP contribution in [0.15, 0.2) is 16.9 Å². The molecular formula is C8H14F3N3O. The Labute approximate surface area is 85.8 Å². The minimum absolute atomic E-state index is 0.0808. The van der Waals surface area contributed by atoms with E-state index in [1.807, 2.05) is 0 Å². The van der Waals surface area contributed by atoms with Crippen LogP contribution in [0, 0.1) is 0 Å². The summed E-state index contributed by atoms with van der Waals surface area (Å²) in [5, 5.41) is 0. The summed E-state index contributed by atoms with van der Waals surface area (Å²) in [6.45, 7) is 1.57. The summed E-state index contributed by atoms with van der Waals surface area (Å²) in [5.74, 6) is 0. The highest BCUT2D eigenvalue weighted by Crippen LogP contribution is 2.20. The normalized spacial score (nSPS) is 16.6. The van der Waals surface area contributed by atoms with Gasteiger partial charge in [-0.25, -0.2) is 0 Å². The standard InChI is InChI=1S/C8H14F3N3O/c1-5(4-15-2)14-7(6(13)3-12)8(9,10)11/h3,5H,4,12-13H2,1-2H3/b6-3+,14-7?. The van der Waals surface area contributed by atoms with E-state index in [1.165, 1.54) is 14.0 Å². The van der Waals surface area contributed by atoms with Crippen molar-refractivity contribution in [2.24, 2.45) is 16.5 Å². The lowest BCUT2D eigenvalue weighted by molar-refractivity contribution is -0.0587. The van der Waals surface area contributed by atoms with E-state index in [0.717, 1.165) is 0 Å². The minimum atomic E-state index is -4.61. The first-order valence-corrected chi connectivity index (χ1v) is 4.14. The zero-order chi connectivity index (χ0) is 12.1. The summed E-state index contributed by atoms with van der Waals surface area (Å²) in [4.78, 5) is 3.40. The maximum atomic E-state index is 12.4. The molecule has 0 amide bonds. The van der Waals surface area contributed by atoms with Crippen LogP contribution in [0.4, 0.5) is 13.2 Å². The van der Waals surface area contributed by atoms with E-state index >= 15 is 0 Å². The van der Waals surface area contributed by atoms with Crippen molar-refractivity contribution in [2.75, 3.05) is 13.7 Å². The lowest BCUT2D eigenvalue weighted by Crippen LogP contribution is -2.31. The van der Waals surface area contributed by atoms with E-state index in [9.17, 15) is 13.2 Å². The molecule has 0 aliphatic rings. The number of hydrogen-bond acceptors (Lipinski definition) is 4. The van der Waals surface area contributed by atoms with Crippen molar-refractivity contribution in [1.82, 2.24) is 0 Å². The Morgan fingerprint density at radius 1 is 1.53 bits per heavy atom. The molecule has 0 bridgehead atoms. The summed E-state index contributed by atoms with van der Waals surface area (Å²) in [5.41, 5.74) is 8.25. The topological polar surface area (TPSA) is 73.6 Å². The fraction of sp³-hybridized carbons (Fsp3) is 0.625. The minimum Gasteiger partial charge on any atom is -0.403 e. The Morgan fingerprint density at radius 3 is 2.40 bits per heavy atom. The Kier molecular flexibility index (Phi) is 5.13. The fourth-order valence-electron chi connectivity index (χ4n) is 0.889. The predicted molar refractivity (Wildman–Crippen MR) is 51.3 cm³/mol. The number of nitrogens with two attached hydrogens (primary N) is 2. The summed E-state index contributed by atoms with van der Waals surface area (Å²) in [7, 11) is 1.38. The third-order valence-corrected chi connectivity index (χ3v) is 1.48. The van der Waals surface area contributed by atoms with E-state index in [2.05, 4.69) is 9.73 Å². The number of halogens is 3.